The Kier molecular flexibility index (Phi) is 6.12. The first-order chi connectivity index (χ1) is 11.1. The van der Waals surface area contributed by atoms with Crippen molar-refractivity contribution < 1.29 is 19.1 Å². The van der Waals surface area contributed by atoms with E-state index >= 15 is 0 Å². The third kappa shape index (κ3) is 4.09. The van der Waals surface area contributed by atoms with Crippen LogP contribution in [0.15, 0.2) is 24.3 Å². The van der Waals surface area contributed by atoms with Gasteiger partial charge in [0.15, 0.2) is 6.10 Å². The third-order valence-electron chi connectivity index (χ3n) is 4.00. The standard InChI is InChI=1S/C17H24N2O4/c1-4-22-10-9-18-17(21)16-15(19(3)14(20)11-23-16)13-8-6-5-7-12(13)2/h5-8,15-16H,4,9-11H2,1-3H3,(H,18,21). The minimum Gasteiger partial charge on any atom is -0.380 e. The Labute approximate surface area is 136 Å². The van der Waals surface area contributed by atoms with E-state index < -0.39 is 12.1 Å². The summed E-state index contributed by atoms with van der Waals surface area (Å²) in [5, 5.41) is 2.81. The lowest BCUT2D eigenvalue weighted by molar-refractivity contribution is -0.162. The molecule has 0 spiro atoms. The van der Waals surface area contributed by atoms with Gasteiger partial charge in [0, 0.05) is 20.2 Å². The van der Waals surface area contributed by atoms with Crippen LogP contribution in [0.2, 0.25) is 0 Å². The minimum atomic E-state index is -0.722. The molecule has 0 saturated carbocycles. The highest BCUT2D eigenvalue weighted by atomic mass is 16.5. The predicted octanol–water partition coefficient (Wildman–Crippen LogP) is 1.05. The summed E-state index contributed by atoms with van der Waals surface area (Å²) in [5.74, 6) is -0.353. The molecule has 0 aliphatic carbocycles. The second-order valence-electron chi connectivity index (χ2n) is 5.53. The van der Waals surface area contributed by atoms with Gasteiger partial charge in [-0.25, -0.2) is 0 Å². The first-order valence-corrected chi connectivity index (χ1v) is 7.84. The quantitative estimate of drug-likeness (QED) is 0.796. The highest BCUT2D eigenvalue weighted by Crippen LogP contribution is 2.31. The van der Waals surface area contributed by atoms with Gasteiger partial charge in [0.25, 0.3) is 5.91 Å². The highest BCUT2D eigenvalue weighted by molar-refractivity contribution is 5.86. The number of rotatable bonds is 6. The zero-order valence-electron chi connectivity index (χ0n) is 13.9. The third-order valence-corrected chi connectivity index (χ3v) is 4.00. The predicted molar refractivity (Wildman–Crippen MR) is 85.9 cm³/mol. The van der Waals surface area contributed by atoms with Crippen molar-refractivity contribution in [2.24, 2.45) is 0 Å². The first-order valence-electron chi connectivity index (χ1n) is 7.84. The van der Waals surface area contributed by atoms with Crippen molar-refractivity contribution >= 4 is 11.8 Å². The molecule has 1 aromatic rings. The Balaban J connectivity index is 2.17. The second-order valence-corrected chi connectivity index (χ2v) is 5.53. The molecule has 23 heavy (non-hydrogen) atoms. The van der Waals surface area contributed by atoms with Gasteiger partial charge in [0.1, 0.15) is 6.61 Å². The first kappa shape index (κ1) is 17.4. The van der Waals surface area contributed by atoms with Gasteiger partial charge in [-0.15, -0.1) is 0 Å². The van der Waals surface area contributed by atoms with Crippen LogP contribution in [-0.4, -0.2) is 56.2 Å². The van der Waals surface area contributed by atoms with Gasteiger partial charge in [-0.2, -0.15) is 0 Å². The van der Waals surface area contributed by atoms with Crippen molar-refractivity contribution in [1.82, 2.24) is 10.2 Å². The van der Waals surface area contributed by atoms with Crippen LogP contribution >= 0.6 is 0 Å². The van der Waals surface area contributed by atoms with Gasteiger partial charge in [-0.1, -0.05) is 24.3 Å². The number of benzene rings is 1. The number of carbonyl (C=O) groups excluding carboxylic acids is 2. The summed E-state index contributed by atoms with van der Waals surface area (Å²) in [7, 11) is 1.71. The summed E-state index contributed by atoms with van der Waals surface area (Å²) in [6.45, 7) is 5.28. The summed E-state index contributed by atoms with van der Waals surface area (Å²) in [6.07, 6.45) is -0.722. The molecule has 126 valence electrons. The molecule has 0 radical (unpaired) electrons. The van der Waals surface area contributed by atoms with Crippen molar-refractivity contribution in [2.45, 2.75) is 26.0 Å². The molecule has 1 aliphatic rings. The molecule has 6 nitrogen and oxygen atoms in total. The lowest BCUT2D eigenvalue weighted by Gasteiger charge is -2.38. The number of carbonyl (C=O) groups is 2. The van der Waals surface area contributed by atoms with Crippen LogP contribution in [0.4, 0.5) is 0 Å². The van der Waals surface area contributed by atoms with Crippen molar-refractivity contribution in [1.29, 1.82) is 0 Å². The Hall–Kier alpha value is -1.92. The average Bonchev–Trinajstić information content (AvgIpc) is 2.55. The smallest absolute Gasteiger partial charge is 0.251 e. The van der Waals surface area contributed by atoms with Crippen LogP contribution in [0.1, 0.15) is 24.1 Å². The van der Waals surface area contributed by atoms with E-state index in [9.17, 15) is 9.59 Å². The van der Waals surface area contributed by atoms with Gasteiger partial charge < -0.3 is 19.7 Å². The van der Waals surface area contributed by atoms with Crippen LogP contribution < -0.4 is 5.32 Å². The molecule has 2 atom stereocenters. The Morgan fingerprint density at radius 1 is 1.43 bits per heavy atom. The molecule has 1 aliphatic heterocycles. The fraction of sp³-hybridized carbons (Fsp3) is 0.529. The molecular weight excluding hydrogens is 296 g/mol. The number of likely N-dealkylation sites (N-methyl/N-ethyl adjacent to an activating group) is 1. The van der Waals surface area contributed by atoms with Crippen LogP contribution in [0.3, 0.4) is 0 Å². The van der Waals surface area contributed by atoms with E-state index in [1.54, 1.807) is 11.9 Å². The number of nitrogens with one attached hydrogen (secondary N) is 1. The maximum atomic E-state index is 12.5. The van der Waals surface area contributed by atoms with Gasteiger partial charge in [0.2, 0.25) is 5.91 Å². The molecule has 1 saturated heterocycles. The Morgan fingerprint density at radius 2 is 2.17 bits per heavy atom. The van der Waals surface area contributed by atoms with Crippen LogP contribution in [0, 0.1) is 6.92 Å². The maximum absolute atomic E-state index is 12.5. The summed E-state index contributed by atoms with van der Waals surface area (Å²) in [5.41, 5.74) is 1.95. The Bertz CT molecular complexity index is 561. The lowest BCUT2D eigenvalue weighted by atomic mass is 9.94. The highest BCUT2D eigenvalue weighted by Gasteiger charge is 2.40. The largest absolute Gasteiger partial charge is 0.380 e. The van der Waals surface area contributed by atoms with E-state index in [0.29, 0.717) is 19.8 Å². The number of nitrogens with zero attached hydrogens (tertiary/aromatic N) is 1. The molecule has 2 amide bonds. The van der Waals surface area contributed by atoms with E-state index in [0.717, 1.165) is 11.1 Å². The van der Waals surface area contributed by atoms with E-state index in [1.165, 1.54) is 0 Å². The summed E-state index contributed by atoms with van der Waals surface area (Å²) in [4.78, 5) is 26.1. The van der Waals surface area contributed by atoms with Crippen LogP contribution in [-0.2, 0) is 19.1 Å². The number of amides is 2. The van der Waals surface area contributed by atoms with Gasteiger partial charge in [-0.05, 0) is 25.0 Å². The Morgan fingerprint density at radius 3 is 2.87 bits per heavy atom. The molecule has 2 unspecified atom stereocenters. The summed E-state index contributed by atoms with van der Waals surface area (Å²) < 4.78 is 10.8. The van der Waals surface area contributed by atoms with E-state index in [2.05, 4.69) is 5.32 Å². The molecule has 1 aromatic carbocycles. The number of hydrogen-bond acceptors (Lipinski definition) is 4. The summed E-state index contributed by atoms with van der Waals surface area (Å²) in [6, 6.07) is 7.30. The minimum absolute atomic E-state index is 0.0809. The van der Waals surface area contributed by atoms with Gasteiger partial charge in [-0.3, -0.25) is 9.59 Å². The summed E-state index contributed by atoms with van der Waals surface area (Å²) >= 11 is 0. The molecule has 2 rings (SSSR count). The van der Waals surface area contributed by atoms with E-state index in [1.807, 2.05) is 38.1 Å². The molecular formula is C17H24N2O4. The van der Waals surface area contributed by atoms with Crippen molar-refractivity contribution in [2.75, 3.05) is 33.4 Å². The van der Waals surface area contributed by atoms with Gasteiger partial charge in [0.05, 0.1) is 12.6 Å². The number of hydrogen-bond donors (Lipinski definition) is 1. The fourth-order valence-corrected chi connectivity index (χ4v) is 2.71. The topological polar surface area (TPSA) is 67.9 Å². The molecule has 0 bridgehead atoms. The molecule has 1 N–H and O–H groups in total. The SMILES string of the molecule is CCOCCNC(=O)C1OCC(=O)N(C)C1c1ccccc1C. The number of aryl methyl sites for hydroxylation is 1. The maximum Gasteiger partial charge on any atom is 0.251 e. The molecule has 1 heterocycles. The average molecular weight is 320 g/mol. The number of morpholine rings is 1. The van der Waals surface area contributed by atoms with Crippen LogP contribution in [0.25, 0.3) is 0 Å². The molecule has 1 fully saturated rings. The fourth-order valence-electron chi connectivity index (χ4n) is 2.71. The second kappa shape index (κ2) is 8.08. The van der Waals surface area contributed by atoms with Crippen molar-refractivity contribution in [3.8, 4) is 0 Å². The van der Waals surface area contributed by atoms with Gasteiger partial charge >= 0.3 is 0 Å². The zero-order valence-corrected chi connectivity index (χ0v) is 13.9. The van der Waals surface area contributed by atoms with Crippen LogP contribution in [0.5, 0.6) is 0 Å². The van der Waals surface area contributed by atoms with E-state index in [4.69, 9.17) is 9.47 Å². The van der Waals surface area contributed by atoms with E-state index in [-0.39, 0.29) is 18.4 Å². The number of ether oxygens (including phenoxy) is 2. The van der Waals surface area contributed by atoms with Crippen molar-refractivity contribution in [3.05, 3.63) is 35.4 Å². The zero-order chi connectivity index (χ0) is 16.8. The van der Waals surface area contributed by atoms with Crippen molar-refractivity contribution in [3.63, 3.8) is 0 Å². The molecule has 0 aromatic heterocycles. The normalized spacial score (nSPS) is 21.3. The molecule has 6 heteroatoms. The monoisotopic (exact) mass is 320 g/mol. The lowest BCUT2D eigenvalue weighted by Crippen LogP contribution is -2.53.